The van der Waals surface area contributed by atoms with Crippen LogP contribution in [-0.2, 0) is 35.1 Å². The second-order valence-electron chi connectivity index (χ2n) is 16.9. The average Bonchev–Trinajstić information content (AvgIpc) is 3.90. The number of nitrogens with one attached hydrogen (secondary N) is 2. The minimum atomic E-state index is -0.759. The number of likely N-dealkylation sites (tertiary alicyclic amines) is 1. The Morgan fingerprint density at radius 1 is 0.930 bits per heavy atom. The van der Waals surface area contributed by atoms with E-state index >= 15 is 0 Å². The molecule has 0 aliphatic carbocycles. The lowest BCUT2D eigenvalue weighted by molar-refractivity contribution is -0.148. The molecule has 13 heteroatoms. The summed E-state index contributed by atoms with van der Waals surface area (Å²) in [7, 11) is 6.88. The van der Waals surface area contributed by atoms with Crippen LogP contribution in [0.4, 0.5) is 0 Å². The second-order valence-corrected chi connectivity index (χ2v) is 17.8. The summed E-state index contributed by atoms with van der Waals surface area (Å²) in [5, 5.41) is 9.08. The summed E-state index contributed by atoms with van der Waals surface area (Å²) in [6.07, 6.45) is 3.48. The van der Waals surface area contributed by atoms with Gasteiger partial charge in [-0.1, -0.05) is 85.2 Å². The third kappa shape index (κ3) is 12.6. The van der Waals surface area contributed by atoms with Crippen molar-refractivity contribution in [2.24, 2.45) is 23.7 Å². The first-order chi connectivity index (χ1) is 27.0. The van der Waals surface area contributed by atoms with E-state index in [4.69, 9.17) is 9.47 Å². The van der Waals surface area contributed by atoms with Gasteiger partial charge in [0.1, 0.15) is 11.0 Å². The molecule has 9 atom stereocenters. The molecule has 4 amide bonds. The van der Waals surface area contributed by atoms with Crippen molar-refractivity contribution >= 4 is 35.0 Å². The molecule has 2 aromatic rings. The topological polar surface area (TPSA) is 133 Å². The number of carbonyl (C=O) groups is 4. The molecule has 1 aromatic heterocycles. The Morgan fingerprint density at radius 3 is 2.12 bits per heavy atom. The number of thiazole rings is 1. The molecule has 2 N–H and O–H groups in total. The summed E-state index contributed by atoms with van der Waals surface area (Å²) in [4.78, 5) is 66.5. The molecular weight excluding hydrogens is 741 g/mol. The Hall–Kier alpha value is -3.39. The average molecular weight is 813 g/mol. The molecule has 320 valence electrons. The zero-order valence-electron chi connectivity index (χ0n) is 36.9. The van der Waals surface area contributed by atoms with Gasteiger partial charge in [-0.05, 0) is 63.5 Å². The van der Waals surface area contributed by atoms with Gasteiger partial charge in [-0.3, -0.25) is 24.1 Å². The van der Waals surface area contributed by atoms with Crippen LogP contribution in [0, 0.1) is 23.7 Å². The number of nitrogens with zero attached hydrogens (tertiary/aromatic N) is 4. The van der Waals surface area contributed by atoms with E-state index < -0.39 is 36.3 Å². The largest absolute Gasteiger partial charge is 0.379 e. The quantitative estimate of drug-likeness (QED) is 0.149. The van der Waals surface area contributed by atoms with Crippen molar-refractivity contribution in [2.45, 2.75) is 143 Å². The molecule has 57 heavy (non-hydrogen) atoms. The number of methoxy groups -OCH3 is 2. The van der Waals surface area contributed by atoms with Crippen LogP contribution in [0.5, 0.6) is 0 Å². The van der Waals surface area contributed by atoms with Crippen LogP contribution < -0.4 is 10.6 Å². The molecule has 3 rings (SSSR count). The van der Waals surface area contributed by atoms with E-state index in [1.165, 1.54) is 11.3 Å². The van der Waals surface area contributed by atoms with Crippen LogP contribution in [0.1, 0.15) is 105 Å². The zero-order chi connectivity index (χ0) is 42.6. The maximum Gasteiger partial charge on any atom is 0.245 e. The van der Waals surface area contributed by atoms with Crippen molar-refractivity contribution in [2.75, 3.05) is 34.9 Å². The van der Waals surface area contributed by atoms with Crippen LogP contribution in [0.2, 0.25) is 0 Å². The van der Waals surface area contributed by atoms with Crippen molar-refractivity contribution in [3.8, 4) is 0 Å². The number of aromatic nitrogens is 1. The molecule has 1 aliphatic rings. The Bertz CT molecular complexity index is 1540. The first-order valence-electron chi connectivity index (χ1n) is 20.9. The molecule has 1 aromatic carbocycles. The monoisotopic (exact) mass is 813 g/mol. The summed E-state index contributed by atoms with van der Waals surface area (Å²) in [6, 6.07) is 7.96. The van der Waals surface area contributed by atoms with Crippen molar-refractivity contribution < 1.29 is 28.7 Å². The Kier molecular flexibility index (Phi) is 19.1. The highest BCUT2D eigenvalue weighted by molar-refractivity contribution is 7.09. The number of benzene rings is 1. The van der Waals surface area contributed by atoms with Crippen molar-refractivity contribution in [3.05, 3.63) is 52.5 Å². The molecule has 2 heterocycles. The van der Waals surface area contributed by atoms with Gasteiger partial charge in [-0.25, -0.2) is 4.98 Å². The van der Waals surface area contributed by atoms with Crippen LogP contribution in [-0.4, -0.2) is 121 Å². The number of hydrogen-bond donors (Lipinski definition) is 2. The summed E-state index contributed by atoms with van der Waals surface area (Å²) in [5.41, 5.74) is 1.09. The van der Waals surface area contributed by atoms with Gasteiger partial charge in [0.2, 0.25) is 23.6 Å². The number of hydrogen-bond acceptors (Lipinski definition) is 9. The number of carbonyl (C=O) groups excluding carboxylic acids is 4. The van der Waals surface area contributed by atoms with E-state index in [-0.39, 0.29) is 65.9 Å². The lowest BCUT2D eigenvalue weighted by Gasteiger charge is -2.41. The third-order valence-electron chi connectivity index (χ3n) is 12.0. The van der Waals surface area contributed by atoms with Gasteiger partial charge in [0.05, 0.1) is 48.7 Å². The van der Waals surface area contributed by atoms with Gasteiger partial charge in [0, 0.05) is 45.4 Å². The van der Waals surface area contributed by atoms with Gasteiger partial charge in [-0.15, -0.1) is 11.3 Å². The molecule has 1 aliphatic heterocycles. The normalized spacial score (nSPS) is 18.9. The smallest absolute Gasteiger partial charge is 0.245 e. The standard InChI is InChI=1S/C44H72N6O6S/c1-14-30(8)39(49(11)44(54)37(27(2)3)47-42(53)38(28(4)5)48(10)29(6)7)35(55-12)26-36(51)50-23-18-21-34(50)40(56-13)31(9)41(52)46-33(43-45-22-24-57-43)25-32-19-16-15-17-20-32/h15-17,19-20,22,24,27-31,33-35,37-40H,14,18,21,23,25-26H2,1-13H3,(H,46,52)(H,47,53)/t30-,31+,33-,34-,35+,37-,38-,39-,40+/m0/s1. The lowest BCUT2D eigenvalue weighted by atomic mass is 9.89. The van der Waals surface area contributed by atoms with Crippen molar-refractivity contribution in [1.82, 2.24) is 30.3 Å². The summed E-state index contributed by atoms with van der Waals surface area (Å²) < 4.78 is 12.1. The summed E-state index contributed by atoms with van der Waals surface area (Å²) in [5.74, 6) is -1.36. The van der Waals surface area contributed by atoms with E-state index in [0.29, 0.717) is 19.4 Å². The summed E-state index contributed by atoms with van der Waals surface area (Å²) >= 11 is 1.51. The Balaban J connectivity index is 1.80. The molecule has 12 nitrogen and oxygen atoms in total. The van der Waals surface area contributed by atoms with Crippen LogP contribution in [0.3, 0.4) is 0 Å². The van der Waals surface area contributed by atoms with E-state index in [0.717, 1.165) is 23.4 Å². The lowest BCUT2D eigenvalue weighted by Crippen LogP contribution is -2.60. The van der Waals surface area contributed by atoms with Crippen LogP contribution in [0.25, 0.3) is 0 Å². The minimum Gasteiger partial charge on any atom is -0.379 e. The van der Waals surface area contributed by atoms with E-state index in [1.807, 2.05) is 87.2 Å². The Labute approximate surface area is 346 Å². The fraction of sp³-hybridized carbons (Fsp3) is 0.705. The highest BCUT2D eigenvalue weighted by Gasteiger charge is 2.43. The maximum absolute atomic E-state index is 14.4. The van der Waals surface area contributed by atoms with E-state index in [9.17, 15) is 19.2 Å². The van der Waals surface area contributed by atoms with Gasteiger partial charge in [-0.2, -0.15) is 0 Å². The van der Waals surface area contributed by atoms with Crippen LogP contribution in [0.15, 0.2) is 41.9 Å². The molecule has 0 bridgehead atoms. The fourth-order valence-electron chi connectivity index (χ4n) is 8.32. The molecule has 0 spiro atoms. The fourth-order valence-corrected chi connectivity index (χ4v) is 9.01. The van der Waals surface area contributed by atoms with Gasteiger partial charge in [0.25, 0.3) is 0 Å². The van der Waals surface area contributed by atoms with Crippen molar-refractivity contribution in [1.29, 1.82) is 0 Å². The number of rotatable bonds is 22. The first kappa shape index (κ1) is 48.0. The van der Waals surface area contributed by atoms with Gasteiger partial charge < -0.3 is 29.9 Å². The van der Waals surface area contributed by atoms with E-state index in [2.05, 4.69) is 43.3 Å². The first-order valence-corrected chi connectivity index (χ1v) is 21.7. The molecular formula is C44H72N6O6S. The highest BCUT2D eigenvalue weighted by Crippen LogP contribution is 2.30. The zero-order valence-corrected chi connectivity index (χ0v) is 37.7. The maximum atomic E-state index is 14.4. The third-order valence-corrected chi connectivity index (χ3v) is 12.9. The summed E-state index contributed by atoms with van der Waals surface area (Å²) in [6.45, 7) is 18.5. The van der Waals surface area contributed by atoms with Crippen molar-refractivity contribution in [3.63, 3.8) is 0 Å². The molecule has 1 fully saturated rings. The predicted molar refractivity (Wildman–Crippen MR) is 228 cm³/mol. The molecule has 0 unspecified atom stereocenters. The predicted octanol–water partition coefficient (Wildman–Crippen LogP) is 5.97. The number of likely N-dealkylation sites (N-methyl/N-ethyl adjacent to an activating group) is 2. The van der Waals surface area contributed by atoms with Crippen LogP contribution >= 0.6 is 11.3 Å². The number of amides is 4. The molecule has 0 saturated carbocycles. The highest BCUT2D eigenvalue weighted by atomic mass is 32.1. The van der Waals surface area contributed by atoms with Gasteiger partial charge >= 0.3 is 0 Å². The SMILES string of the molecule is CC[C@H](C)[C@@H]([C@@H](CC(=O)N1CCC[C@H]1[C@H](OC)[C@@H](C)C(=O)N[C@@H](Cc1ccccc1)c1nccs1)OC)N(C)C(=O)[C@@H](NC(=O)[C@H](C(C)C)N(C)C(C)C)C(C)C. The number of ether oxygens (including phenoxy) is 2. The second kappa shape index (κ2) is 22.7. The Morgan fingerprint density at radius 2 is 1.60 bits per heavy atom. The molecule has 0 radical (unpaired) electrons. The van der Waals surface area contributed by atoms with Gasteiger partial charge in [0.15, 0.2) is 0 Å². The van der Waals surface area contributed by atoms with E-state index in [1.54, 1.807) is 32.4 Å². The molecule has 1 saturated heterocycles. The minimum absolute atomic E-state index is 0.0119.